The summed E-state index contributed by atoms with van der Waals surface area (Å²) in [6, 6.07) is 4.71. The first-order valence-electron chi connectivity index (χ1n) is 7.93. The lowest BCUT2D eigenvalue weighted by molar-refractivity contribution is -0.138. The zero-order valence-electron chi connectivity index (χ0n) is 14.2. The van der Waals surface area contributed by atoms with Gasteiger partial charge >= 0.3 is 6.18 Å². The molecule has 1 aromatic carbocycles. The van der Waals surface area contributed by atoms with Crippen LogP contribution in [-0.4, -0.2) is 52.5 Å². The third-order valence-electron chi connectivity index (χ3n) is 4.29. The molecule has 0 saturated heterocycles. The molecule has 0 atom stereocenters. The van der Waals surface area contributed by atoms with Gasteiger partial charge in [0, 0.05) is 38.3 Å². The number of carbonyl (C=O) groups is 2. The molecule has 0 radical (unpaired) electrons. The smallest absolute Gasteiger partial charge is 0.343 e. The maximum atomic E-state index is 13.2. The Labute approximate surface area is 147 Å². The maximum absolute atomic E-state index is 13.2. The lowest BCUT2D eigenvalue weighted by atomic mass is 10.0. The maximum Gasteiger partial charge on any atom is 0.417 e. The molecule has 138 valence electrons. The quantitative estimate of drug-likeness (QED) is 0.887. The van der Waals surface area contributed by atoms with Crippen molar-refractivity contribution in [3.8, 4) is 0 Å². The predicted molar refractivity (Wildman–Crippen MR) is 86.5 cm³/mol. The van der Waals surface area contributed by atoms with Gasteiger partial charge in [-0.05, 0) is 12.1 Å². The number of benzene rings is 1. The Hall–Kier alpha value is -2.84. The summed E-state index contributed by atoms with van der Waals surface area (Å²) < 4.78 is 39.6. The summed E-state index contributed by atoms with van der Waals surface area (Å²) >= 11 is 0. The van der Waals surface area contributed by atoms with Crippen molar-refractivity contribution in [2.75, 3.05) is 20.6 Å². The Morgan fingerprint density at radius 2 is 1.92 bits per heavy atom. The summed E-state index contributed by atoms with van der Waals surface area (Å²) in [6.07, 6.45) is -4.22. The Morgan fingerprint density at radius 1 is 1.23 bits per heavy atom. The van der Waals surface area contributed by atoms with Gasteiger partial charge < -0.3 is 9.80 Å². The molecular weight excluding hydrogens is 349 g/mol. The van der Waals surface area contributed by atoms with Crippen molar-refractivity contribution in [3.63, 3.8) is 0 Å². The van der Waals surface area contributed by atoms with Gasteiger partial charge in [0.1, 0.15) is 0 Å². The van der Waals surface area contributed by atoms with E-state index >= 15 is 0 Å². The third-order valence-corrected chi connectivity index (χ3v) is 4.29. The molecule has 2 aromatic rings. The number of aromatic nitrogens is 2. The van der Waals surface area contributed by atoms with E-state index < -0.39 is 23.2 Å². The van der Waals surface area contributed by atoms with E-state index in [2.05, 4.69) is 10.2 Å². The second kappa shape index (κ2) is 6.47. The number of hydrogen-bond acceptors (Lipinski definition) is 3. The highest BCUT2D eigenvalue weighted by Crippen LogP contribution is 2.33. The van der Waals surface area contributed by atoms with E-state index in [0.717, 1.165) is 11.8 Å². The molecule has 26 heavy (non-hydrogen) atoms. The van der Waals surface area contributed by atoms with Crippen LogP contribution in [0.25, 0.3) is 0 Å². The van der Waals surface area contributed by atoms with Gasteiger partial charge in [0.2, 0.25) is 0 Å². The van der Waals surface area contributed by atoms with Crippen molar-refractivity contribution in [1.82, 2.24) is 20.0 Å². The summed E-state index contributed by atoms with van der Waals surface area (Å²) in [5.74, 6) is -1.04. The number of alkyl halides is 3. The van der Waals surface area contributed by atoms with Crippen molar-refractivity contribution in [2.45, 2.75) is 19.1 Å². The number of H-pyrrole nitrogens is 1. The molecule has 0 saturated carbocycles. The second-order valence-electron chi connectivity index (χ2n) is 6.25. The summed E-state index contributed by atoms with van der Waals surface area (Å²) in [7, 11) is 3.16. The van der Waals surface area contributed by atoms with Crippen LogP contribution in [0.2, 0.25) is 0 Å². The molecule has 2 heterocycles. The monoisotopic (exact) mass is 366 g/mol. The zero-order chi connectivity index (χ0) is 19.1. The lowest BCUT2D eigenvalue weighted by Crippen LogP contribution is -2.37. The number of carbonyl (C=O) groups excluding carboxylic acids is 2. The topological polar surface area (TPSA) is 69.3 Å². The lowest BCUT2D eigenvalue weighted by Gasteiger charge is -2.28. The van der Waals surface area contributed by atoms with Crippen LogP contribution in [0, 0.1) is 0 Å². The minimum atomic E-state index is -4.62. The van der Waals surface area contributed by atoms with Crippen LogP contribution < -0.4 is 0 Å². The molecule has 0 spiro atoms. The minimum Gasteiger partial charge on any atom is -0.343 e. The van der Waals surface area contributed by atoms with Gasteiger partial charge in [-0.25, -0.2) is 0 Å². The fourth-order valence-electron chi connectivity index (χ4n) is 2.94. The molecule has 0 bridgehead atoms. The molecule has 3 rings (SSSR count). The van der Waals surface area contributed by atoms with E-state index in [1.165, 1.54) is 28.0 Å². The highest BCUT2D eigenvalue weighted by molar-refractivity contribution is 5.97. The Morgan fingerprint density at radius 3 is 2.58 bits per heavy atom. The van der Waals surface area contributed by atoms with E-state index in [1.807, 2.05) is 0 Å². The molecule has 1 N–H and O–H groups in total. The Kier molecular flexibility index (Phi) is 4.47. The fraction of sp³-hybridized carbons (Fsp3) is 0.353. The molecule has 0 aliphatic carbocycles. The molecule has 1 aliphatic heterocycles. The first-order valence-corrected chi connectivity index (χ1v) is 7.93. The number of aromatic amines is 1. The molecule has 0 unspecified atom stereocenters. The predicted octanol–water partition coefficient (Wildman–Crippen LogP) is 2.33. The third kappa shape index (κ3) is 3.16. The van der Waals surface area contributed by atoms with Gasteiger partial charge in [-0.1, -0.05) is 12.1 Å². The first-order chi connectivity index (χ1) is 12.2. The average molecular weight is 366 g/mol. The molecule has 1 aliphatic rings. The highest BCUT2D eigenvalue weighted by Gasteiger charge is 2.37. The average Bonchev–Trinajstić information content (AvgIpc) is 3.02. The van der Waals surface area contributed by atoms with E-state index in [0.29, 0.717) is 12.0 Å². The van der Waals surface area contributed by atoms with Crippen LogP contribution >= 0.6 is 0 Å². The van der Waals surface area contributed by atoms with Crippen LogP contribution in [0.1, 0.15) is 37.7 Å². The Bertz CT molecular complexity index is 858. The molecule has 6 nitrogen and oxygen atoms in total. The van der Waals surface area contributed by atoms with Crippen molar-refractivity contribution in [2.24, 2.45) is 0 Å². The zero-order valence-corrected chi connectivity index (χ0v) is 14.2. The van der Waals surface area contributed by atoms with Gasteiger partial charge in [-0.2, -0.15) is 18.3 Å². The number of nitrogens with one attached hydrogen (secondary N) is 1. The van der Waals surface area contributed by atoms with Crippen LogP contribution in [-0.2, 0) is 19.1 Å². The normalized spacial score (nSPS) is 14.1. The molecule has 1 aromatic heterocycles. The summed E-state index contributed by atoms with van der Waals surface area (Å²) in [4.78, 5) is 27.6. The van der Waals surface area contributed by atoms with Gasteiger partial charge in [0.05, 0.1) is 17.7 Å². The van der Waals surface area contributed by atoms with Gasteiger partial charge in [-0.3, -0.25) is 14.7 Å². The number of nitrogens with zero attached hydrogens (tertiary/aromatic N) is 3. The summed E-state index contributed by atoms with van der Waals surface area (Å²) in [6.45, 7) is 0.279. The number of hydrogen-bond donors (Lipinski definition) is 1. The molecule has 2 amide bonds. The minimum absolute atomic E-state index is 0.0335. The van der Waals surface area contributed by atoms with Gasteiger partial charge in [-0.15, -0.1) is 0 Å². The van der Waals surface area contributed by atoms with Crippen molar-refractivity contribution < 1.29 is 22.8 Å². The SMILES string of the molecule is CN(C)C(=O)c1n[nH]c2c1CN(C(=O)c1ccccc1C(F)(F)F)CC2. The van der Waals surface area contributed by atoms with Crippen molar-refractivity contribution in [3.05, 3.63) is 52.3 Å². The van der Waals surface area contributed by atoms with E-state index in [-0.39, 0.29) is 24.7 Å². The van der Waals surface area contributed by atoms with E-state index in [1.54, 1.807) is 14.1 Å². The molecule has 0 fully saturated rings. The van der Waals surface area contributed by atoms with Crippen molar-refractivity contribution >= 4 is 11.8 Å². The van der Waals surface area contributed by atoms with Crippen molar-refractivity contribution in [1.29, 1.82) is 0 Å². The molecular formula is C17H17F3N4O2. The van der Waals surface area contributed by atoms with Gasteiger partial charge in [0.25, 0.3) is 11.8 Å². The van der Waals surface area contributed by atoms with Crippen LogP contribution in [0.5, 0.6) is 0 Å². The fourth-order valence-corrected chi connectivity index (χ4v) is 2.94. The Balaban J connectivity index is 1.92. The second-order valence-corrected chi connectivity index (χ2v) is 6.25. The van der Waals surface area contributed by atoms with Gasteiger partial charge in [0.15, 0.2) is 5.69 Å². The largest absolute Gasteiger partial charge is 0.417 e. The van der Waals surface area contributed by atoms with Crippen LogP contribution in [0.4, 0.5) is 13.2 Å². The highest BCUT2D eigenvalue weighted by atomic mass is 19.4. The first kappa shape index (κ1) is 18.0. The van der Waals surface area contributed by atoms with E-state index in [9.17, 15) is 22.8 Å². The summed E-state index contributed by atoms with van der Waals surface area (Å²) in [5.41, 5.74) is 0.0998. The number of rotatable bonds is 2. The van der Waals surface area contributed by atoms with Crippen LogP contribution in [0.3, 0.4) is 0 Å². The standard InChI is InChI=1S/C17H17F3N4O2/c1-23(2)16(26)14-11-9-24(8-7-13(11)21-22-14)15(25)10-5-3-4-6-12(10)17(18,19)20/h3-6H,7-9H2,1-2H3,(H,21,22). The van der Waals surface area contributed by atoms with E-state index in [4.69, 9.17) is 0 Å². The summed E-state index contributed by atoms with van der Waals surface area (Å²) in [5, 5.41) is 6.79. The number of amides is 2. The number of fused-ring (bicyclic) bond motifs is 1. The van der Waals surface area contributed by atoms with Crippen LogP contribution in [0.15, 0.2) is 24.3 Å². The molecule has 9 heteroatoms. The number of halogens is 3.